The molecule has 1 amide bonds. The van der Waals surface area contributed by atoms with E-state index in [0.29, 0.717) is 11.7 Å². The number of amides is 1. The van der Waals surface area contributed by atoms with Crippen LogP contribution in [0.5, 0.6) is 0 Å². The van der Waals surface area contributed by atoms with E-state index in [2.05, 4.69) is 15.7 Å². The maximum Gasteiger partial charge on any atom is 0.271 e. The van der Waals surface area contributed by atoms with E-state index in [-0.39, 0.29) is 5.91 Å². The highest BCUT2D eigenvalue weighted by Crippen LogP contribution is 2.19. The van der Waals surface area contributed by atoms with Gasteiger partial charge in [-0.3, -0.25) is 9.20 Å². The van der Waals surface area contributed by atoms with Crippen LogP contribution in [-0.2, 0) is 0 Å². The highest BCUT2D eigenvalue weighted by atomic mass is 32.1. The second kappa shape index (κ2) is 5.33. The van der Waals surface area contributed by atoms with Crippen molar-refractivity contribution >= 4 is 22.2 Å². The Morgan fingerprint density at radius 2 is 2.11 bits per heavy atom. The highest BCUT2D eigenvalue weighted by Gasteiger charge is 2.18. The van der Waals surface area contributed by atoms with Crippen molar-refractivity contribution in [1.82, 2.24) is 14.7 Å². The number of nitrogens with zero attached hydrogens (tertiary/aromatic N) is 2. The number of hydrogen-bond donors (Lipinski definition) is 1. The van der Waals surface area contributed by atoms with Crippen LogP contribution >= 0.6 is 11.3 Å². The van der Waals surface area contributed by atoms with Gasteiger partial charge in [-0.25, -0.2) is 4.98 Å². The smallest absolute Gasteiger partial charge is 0.271 e. The molecule has 0 atom stereocenters. The fourth-order valence-corrected chi connectivity index (χ4v) is 3.54. The van der Waals surface area contributed by atoms with E-state index in [4.69, 9.17) is 0 Å². The Morgan fingerprint density at radius 1 is 1.37 bits per heavy atom. The molecule has 0 radical (unpaired) electrons. The van der Waals surface area contributed by atoms with E-state index in [0.717, 1.165) is 23.5 Å². The molecular formula is C14H19N3OS. The first-order valence-electron chi connectivity index (χ1n) is 6.98. The number of aromatic nitrogens is 2. The van der Waals surface area contributed by atoms with E-state index < -0.39 is 0 Å². The fourth-order valence-electron chi connectivity index (χ4n) is 2.69. The molecule has 102 valence electrons. The fraction of sp³-hybridized carbons (Fsp3) is 0.571. The zero-order chi connectivity index (χ0) is 13.2. The predicted octanol–water partition coefficient (Wildman–Crippen LogP) is 3.16. The molecule has 1 aliphatic rings. The lowest BCUT2D eigenvalue weighted by molar-refractivity contribution is 0.0929. The molecular weight excluding hydrogens is 258 g/mol. The lowest BCUT2D eigenvalue weighted by Crippen LogP contribution is -2.34. The number of fused-ring (bicyclic) bond motifs is 1. The van der Waals surface area contributed by atoms with Crippen LogP contribution in [-0.4, -0.2) is 21.3 Å². The Kier molecular flexibility index (Phi) is 3.55. The van der Waals surface area contributed by atoms with Gasteiger partial charge in [-0.1, -0.05) is 25.7 Å². The van der Waals surface area contributed by atoms with Crippen molar-refractivity contribution in [3.8, 4) is 0 Å². The molecule has 0 saturated heterocycles. The van der Waals surface area contributed by atoms with E-state index in [1.807, 2.05) is 17.5 Å². The Balaban J connectivity index is 1.72. The van der Waals surface area contributed by atoms with Crippen molar-refractivity contribution in [3.63, 3.8) is 0 Å². The van der Waals surface area contributed by atoms with Gasteiger partial charge in [0.25, 0.3) is 5.91 Å². The van der Waals surface area contributed by atoms with Gasteiger partial charge in [0, 0.05) is 23.3 Å². The molecule has 1 saturated carbocycles. The maximum absolute atomic E-state index is 12.2. The minimum atomic E-state index is -0.0257. The van der Waals surface area contributed by atoms with Gasteiger partial charge >= 0.3 is 0 Å². The standard InChI is InChI=1S/C14H19N3OS/c1-10-9-19-14-16-12(8-17(10)14)13(18)15-11-6-4-2-3-5-7-11/h8-9,11H,2-7H2,1H3,(H,15,18). The molecule has 0 bridgehead atoms. The largest absolute Gasteiger partial charge is 0.348 e. The number of rotatable bonds is 2. The van der Waals surface area contributed by atoms with Crippen molar-refractivity contribution in [3.05, 3.63) is 23.0 Å². The molecule has 1 N–H and O–H groups in total. The summed E-state index contributed by atoms with van der Waals surface area (Å²) in [6.45, 7) is 2.03. The van der Waals surface area contributed by atoms with Crippen LogP contribution in [0.1, 0.15) is 54.7 Å². The lowest BCUT2D eigenvalue weighted by Gasteiger charge is -2.14. The maximum atomic E-state index is 12.2. The van der Waals surface area contributed by atoms with Crippen LogP contribution in [0.3, 0.4) is 0 Å². The van der Waals surface area contributed by atoms with Crippen molar-refractivity contribution in [2.45, 2.75) is 51.5 Å². The van der Waals surface area contributed by atoms with E-state index >= 15 is 0 Å². The minimum Gasteiger partial charge on any atom is -0.348 e. The summed E-state index contributed by atoms with van der Waals surface area (Å²) in [7, 11) is 0. The molecule has 2 aromatic rings. The summed E-state index contributed by atoms with van der Waals surface area (Å²) in [5.41, 5.74) is 1.67. The molecule has 5 heteroatoms. The SMILES string of the molecule is Cc1csc2nc(C(=O)NC3CCCCCC3)cn12. The Bertz CT molecular complexity index is 579. The molecule has 19 heavy (non-hydrogen) atoms. The molecule has 1 fully saturated rings. The second-order valence-electron chi connectivity index (χ2n) is 5.32. The summed E-state index contributed by atoms with van der Waals surface area (Å²) in [6, 6.07) is 0.329. The molecule has 1 aliphatic carbocycles. The number of carbonyl (C=O) groups is 1. The first-order valence-corrected chi connectivity index (χ1v) is 7.86. The summed E-state index contributed by atoms with van der Waals surface area (Å²) in [6.07, 6.45) is 9.09. The van der Waals surface area contributed by atoms with Crippen LogP contribution in [0.4, 0.5) is 0 Å². The van der Waals surface area contributed by atoms with Crippen molar-refractivity contribution in [1.29, 1.82) is 0 Å². The topological polar surface area (TPSA) is 46.4 Å². The van der Waals surface area contributed by atoms with E-state index in [1.54, 1.807) is 11.3 Å². The molecule has 0 spiro atoms. The van der Waals surface area contributed by atoms with Crippen molar-refractivity contribution in [2.75, 3.05) is 0 Å². The summed E-state index contributed by atoms with van der Waals surface area (Å²) in [5, 5.41) is 5.19. The summed E-state index contributed by atoms with van der Waals surface area (Å²) in [5.74, 6) is -0.0257. The van der Waals surface area contributed by atoms with Crippen molar-refractivity contribution in [2.24, 2.45) is 0 Å². The monoisotopic (exact) mass is 277 g/mol. The van der Waals surface area contributed by atoms with Crippen LogP contribution in [0.2, 0.25) is 0 Å². The number of hydrogen-bond acceptors (Lipinski definition) is 3. The third kappa shape index (κ3) is 2.66. The van der Waals surface area contributed by atoms with Crippen LogP contribution in [0, 0.1) is 6.92 Å². The second-order valence-corrected chi connectivity index (χ2v) is 6.15. The Hall–Kier alpha value is -1.36. The zero-order valence-electron chi connectivity index (χ0n) is 11.2. The number of thiazole rings is 1. The predicted molar refractivity (Wildman–Crippen MR) is 76.8 cm³/mol. The molecule has 0 unspecified atom stereocenters. The minimum absolute atomic E-state index is 0.0257. The quantitative estimate of drug-likeness (QED) is 0.857. The zero-order valence-corrected chi connectivity index (χ0v) is 12.0. The summed E-state index contributed by atoms with van der Waals surface area (Å²) in [4.78, 5) is 17.5. The summed E-state index contributed by atoms with van der Waals surface area (Å²) >= 11 is 1.57. The lowest BCUT2D eigenvalue weighted by atomic mass is 10.1. The number of carbonyl (C=O) groups excluding carboxylic acids is 1. The van der Waals surface area contributed by atoms with E-state index in [1.165, 1.54) is 25.7 Å². The number of imidazole rings is 1. The molecule has 0 aliphatic heterocycles. The van der Waals surface area contributed by atoms with Gasteiger partial charge in [-0.15, -0.1) is 11.3 Å². The average molecular weight is 277 g/mol. The van der Waals surface area contributed by atoms with E-state index in [9.17, 15) is 4.79 Å². The normalized spacial score (nSPS) is 17.5. The van der Waals surface area contributed by atoms with Crippen LogP contribution < -0.4 is 5.32 Å². The molecule has 3 rings (SSSR count). The first-order chi connectivity index (χ1) is 9.24. The number of aryl methyl sites for hydroxylation is 1. The van der Waals surface area contributed by atoms with Gasteiger partial charge in [0.05, 0.1) is 0 Å². The number of nitrogens with one attached hydrogen (secondary N) is 1. The van der Waals surface area contributed by atoms with Crippen molar-refractivity contribution < 1.29 is 4.79 Å². The van der Waals surface area contributed by atoms with Crippen LogP contribution in [0.25, 0.3) is 4.96 Å². The van der Waals surface area contributed by atoms with Gasteiger partial charge in [0.15, 0.2) is 4.96 Å². The molecule has 0 aromatic carbocycles. The van der Waals surface area contributed by atoms with Gasteiger partial charge in [0.1, 0.15) is 5.69 Å². The van der Waals surface area contributed by atoms with Gasteiger partial charge < -0.3 is 5.32 Å². The molecule has 2 aromatic heterocycles. The van der Waals surface area contributed by atoms with Gasteiger partial charge in [0.2, 0.25) is 0 Å². The van der Waals surface area contributed by atoms with Crippen LogP contribution in [0.15, 0.2) is 11.6 Å². The summed E-state index contributed by atoms with van der Waals surface area (Å²) < 4.78 is 1.98. The van der Waals surface area contributed by atoms with Gasteiger partial charge in [-0.2, -0.15) is 0 Å². The molecule has 2 heterocycles. The third-order valence-corrected chi connectivity index (χ3v) is 4.77. The Labute approximate surface area is 116 Å². The first kappa shape index (κ1) is 12.7. The average Bonchev–Trinajstić information content (AvgIpc) is 2.86. The molecule has 4 nitrogen and oxygen atoms in total. The highest BCUT2D eigenvalue weighted by molar-refractivity contribution is 7.15. The Morgan fingerprint density at radius 3 is 2.79 bits per heavy atom. The van der Waals surface area contributed by atoms with Gasteiger partial charge in [-0.05, 0) is 19.8 Å². The third-order valence-electron chi connectivity index (χ3n) is 3.81.